The third-order valence-electron chi connectivity index (χ3n) is 7.85. The van der Waals surface area contributed by atoms with Crippen LogP contribution >= 0.6 is 0 Å². The second-order valence-corrected chi connectivity index (χ2v) is 10.4. The SMILES string of the molecule is CC(=O)N1CN([C@H]2CCCC[C@@H]2O)C(=O)c2cc(Cc3ccc(-c4cnn(C)c4)nc3)c3ccccc3c21. The van der Waals surface area contributed by atoms with Crippen molar-refractivity contribution in [3.63, 3.8) is 0 Å². The molecule has 4 aromatic rings. The van der Waals surface area contributed by atoms with Gasteiger partial charge in [-0.05, 0) is 47.9 Å². The van der Waals surface area contributed by atoms with Crippen molar-refractivity contribution in [1.82, 2.24) is 19.7 Å². The number of aromatic nitrogens is 3. The fourth-order valence-electron chi connectivity index (χ4n) is 5.92. The van der Waals surface area contributed by atoms with Gasteiger partial charge in [0, 0.05) is 37.3 Å². The molecule has 1 aliphatic carbocycles. The molecule has 2 atom stereocenters. The smallest absolute Gasteiger partial charge is 0.257 e. The molecule has 2 aromatic heterocycles. The summed E-state index contributed by atoms with van der Waals surface area (Å²) in [6.45, 7) is 1.69. The standard InChI is InChI=1S/C30H31N5O3/c1-19(36)34-18-35(27-9-5-6-10-28(27)37)30(38)25-14-21(23-7-3-4-8-24(23)29(25)34)13-20-11-12-26(31-15-20)22-16-32-33(2)17-22/h3-4,7-8,11-12,14-17,27-28,37H,5-6,9-10,13,18H2,1-2H3/t27-,28-/m0/s1. The molecule has 6 rings (SSSR count). The third kappa shape index (κ3) is 4.24. The number of aryl methyl sites for hydroxylation is 1. The number of aliphatic hydroxyl groups is 1. The fraction of sp³-hybridized carbons (Fsp3) is 0.333. The van der Waals surface area contributed by atoms with Crippen molar-refractivity contribution in [1.29, 1.82) is 0 Å². The van der Waals surface area contributed by atoms with Crippen LogP contribution in [0.5, 0.6) is 0 Å². The van der Waals surface area contributed by atoms with Crippen LogP contribution in [0.2, 0.25) is 0 Å². The quantitative estimate of drug-likeness (QED) is 0.443. The molecule has 0 spiro atoms. The van der Waals surface area contributed by atoms with E-state index in [-0.39, 0.29) is 24.5 Å². The summed E-state index contributed by atoms with van der Waals surface area (Å²) in [7, 11) is 1.88. The van der Waals surface area contributed by atoms with Gasteiger partial charge in [0.1, 0.15) is 6.67 Å². The first-order valence-electron chi connectivity index (χ1n) is 13.2. The largest absolute Gasteiger partial charge is 0.391 e. The van der Waals surface area contributed by atoms with E-state index in [4.69, 9.17) is 0 Å². The molecular formula is C30H31N5O3. The Morgan fingerprint density at radius 3 is 2.55 bits per heavy atom. The van der Waals surface area contributed by atoms with E-state index in [1.807, 2.05) is 55.8 Å². The molecule has 194 valence electrons. The number of nitrogens with zero attached hydrogens (tertiary/aromatic N) is 5. The first-order valence-corrected chi connectivity index (χ1v) is 13.2. The Morgan fingerprint density at radius 2 is 1.87 bits per heavy atom. The Kier molecular flexibility index (Phi) is 6.19. The minimum Gasteiger partial charge on any atom is -0.391 e. The van der Waals surface area contributed by atoms with Crippen molar-refractivity contribution in [2.75, 3.05) is 11.6 Å². The van der Waals surface area contributed by atoms with Crippen LogP contribution in [0.15, 0.2) is 61.1 Å². The second kappa shape index (κ2) is 9.68. The normalized spacial score (nSPS) is 19.6. The lowest BCUT2D eigenvalue weighted by Crippen LogP contribution is -2.56. The molecule has 8 nitrogen and oxygen atoms in total. The molecule has 2 amide bonds. The topological polar surface area (TPSA) is 91.6 Å². The zero-order valence-corrected chi connectivity index (χ0v) is 21.7. The molecule has 1 saturated carbocycles. The average molecular weight is 510 g/mol. The van der Waals surface area contributed by atoms with Crippen LogP contribution in [-0.4, -0.2) is 55.4 Å². The van der Waals surface area contributed by atoms with Crippen LogP contribution in [-0.2, 0) is 18.3 Å². The van der Waals surface area contributed by atoms with Gasteiger partial charge in [-0.25, -0.2) is 0 Å². The zero-order chi connectivity index (χ0) is 26.4. The number of fused-ring (bicyclic) bond motifs is 3. The van der Waals surface area contributed by atoms with Crippen molar-refractivity contribution in [2.24, 2.45) is 7.05 Å². The molecule has 1 N–H and O–H groups in total. The van der Waals surface area contributed by atoms with Gasteiger partial charge < -0.3 is 10.0 Å². The summed E-state index contributed by atoms with van der Waals surface area (Å²) in [4.78, 5) is 34.8. The van der Waals surface area contributed by atoms with E-state index in [0.717, 1.165) is 52.4 Å². The molecule has 0 saturated heterocycles. The molecule has 38 heavy (non-hydrogen) atoms. The van der Waals surface area contributed by atoms with E-state index in [9.17, 15) is 14.7 Å². The van der Waals surface area contributed by atoms with Crippen molar-refractivity contribution >= 4 is 28.3 Å². The van der Waals surface area contributed by atoms with Gasteiger partial charge in [0.05, 0.1) is 35.3 Å². The van der Waals surface area contributed by atoms with Crippen molar-refractivity contribution in [2.45, 2.75) is 51.2 Å². The van der Waals surface area contributed by atoms with Crippen LogP contribution in [0.25, 0.3) is 22.0 Å². The third-order valence-corrected chi connectivity index (χ3v) is 7.85. The summed E-state index contributed by atoms with van der Waals surface area (Å²) in [5.74, 6) is -0.248. The summed E-state index contributed by atoms with van der Waals surface area (Å²) >= 11 is 0. The van der Waals surface area contributed by atoms with Gasteiger partial charge >= 0.3 is 0 Å². The fourth-order valence-corrected chi connectivity index (χ4v) is 5.92. The monoisotopic (exact) mass is 509 g/mol. The molecule has 3 heterocycles. The minimum absolute atomic E-state index is 0.123. The first kappa shape index (κ1) is 24.3. The van der Waals surface area contributed by atoms with E-state index in [0.29, 0.717) is 24.1 Å². The van der Waals surface area contributed by atoms with Crippen LogP contribution in [0, 0.1) is 0 Å². The van der Waals surface area contributed by atoms with Crippen molar-refractivity contribution < 1.29 is 14.7 Å². The molecule has 1 aliphatic heterocycles. The van der Waals surface area contributed by atoms with Gasteiger partial charge in [-0.1, -0.05) is 43.2 Å². The maximum absolute atomic E-state index is 13.9. The van der Waals surface area contributed by atoms with Crippen molar-refractivity contribution in [3.8, 4) is 11.3 Å². The Hall–Kier alpha value is -4.04. The molecule has 0 radical (unpaired) electrons. The van der Waals surface area contributed by atoms with E-state index in [2.05, 4.69) is 16.1 Å². The molecule has 2 aliphatic rings. The maximum atomic E-state index is 13.9. The summed E-state index contributed by atoms with van der Waals surface area (Å²) in [6.07, 6.45) is 8.93. The number of anilines is 1. The first-order chi connectivity index (χ1) is 18.4. The Morgan fingerprint density at radius 1 is 1.08 bits per heavy atom. The van der Waals surface area contributed by atoms with Gasteiger partial charge in [0.25, 0.3) is 5.91 Å². The predicted molar refractivity (Wildman–Crippen MR) is 146 cm³/mol. The number of hydrogen-bond acceptors (Lipinski definition) is 5. The lowest BCUT2D eigenvalue weighted by molar-refractivity contribution is -0.117. The highest BCUT2D eigenvalue weighted by atomic mass is 16.3. The Bertz CT molecular complexity index is 1530. The summed E-state index contributed by atoms with van der Waals surface area (Å²) < 4.78 is 1.75. The van der Waals surface area contributed by atoms with Gasteiger partial charge in [0.2, 0.25) is 5.91 Å². The van der Waals surface area contributed by atoms with Crippen LogP contribution in [0.3, 0.4) is 0 Å². The Labute approximate surface area is 221 Å². The molecule has 0 unspecified atom stereocenters. The number of carbonyl (C=O) groups is 2. The lowest BCUT2D eigenvalue weighted by atomic mass is 9.89. The highest BCUT2D eigenvalue weighted by Gasteiger charge is 2.39. The zero-order valence-electron chi connectivity index (χ0n) is 21.7. The van der Waals surface area contributed by atoms with Gasteiger partial charge in [0.15, 0.2) is 0 Å². The lowest BCUT2D eigenvalue weighted by Gasteiger charge is -2.44. The number of aliphatic hydroxyl groups excluding tert-OH is 1. The molecule has 0 bridgehead atoms. The minimum atomic E-state index is -0.576. The average Bonchev–Trinajstić information content (AvgIpc) is 3.36. The second-order valence-electron chi connectivity index (χ2n) is 10.4. The van der Waals surface area contributed by atoms with E-state index in [1.54, 1.807) is 20.7 Å². The number of pyridine rings is 1. The van der Waals surface area contributed by atoms with E-state index < -0.39 is 6.10 Å². The van der Waals surface area contributed by atoms with Crippen LogP contribution in [0.1, 0.15) is 54.1 Å². The summed E-state index contributed by atoms with van der Waals surface area (Å²) in [5.41, 5.74) is 5.00. The number of amides is 2. The molecule has 1 fully saturated rings. The molecular weight excluding hydrogens is 478 g/mol. The van der Waals surface area contributed by atoms with Crippen molar-refractivity contribution in [3.05, 3.63) is 77.7 Å². The van der Waals surface area contributed by atoms with E-state index in [1.165, 1.54) is 6.92 Å². The van der Waals surface area contributed by atoms with Crippen LogP contribution < -0.4 is 4.90 Å². The summed E-state index contributed by atoms with van der Waals surface area (Å²) in [6, 6.07) is 13.6. The highest BCUT2D eigenvalue weighted by Crippen LogP contribution is 2.39. The van der Waals surface area contributed by atoms with Crippen LogP contribution in [0.4, 0.5) is 5.69 Å². The van der Waals surface area contributed by atoms with Gasteiger partial charge in [-0.3, -0.25) is 24.2 Å². The number of carbonyl (C=O) groups excluding carboxylic acids is 2. The Balaban J connectivity index is 1.42. The number of rotatable bonds is 4. The summed E-state index contributed by atoms with van der Waals surface area (Å²) in [5, 5.41) is 16.8. The highest BCUT2D eigenvalue weighted by molar-refractivity contribution is 6.15. The van der Waals surface area contributed by atoms with Gasteiger partial charge in [-0.2, -0.15) is 5.10 Å². The van der Waals surface area contributed by atoms with Gasteiger partial charge in [-0.15, -0.1) is 0 Å². The number of hydrogen-bond donors (Lipinski definition) is 1. The predicted octanol–water partition coefficient (Wildman–Crippen LogP) is 4.30. The maximum Gasteiger partial charge on any atom is 0.257 e. The molecule has 8 heteroatoms. The van der Waals surface area contributed by atoms with E-state index >= 15 is 0 Å². The molecule has 2 aromatic carbocycles. The number of benzene rings is 2.